The van der Waals surface area contributed by atoms with E-state index in [0.29, 0.717) is 53.7 Å². The normalized spacial score (nSPS) is 20.4. The lowest BCUT2D eigenvalue weighted by Crippen LogP contribution is -2.36. The lowest BCUT2D eigenvalue weighted by Gasteiger charge is -2.24. The van der Waals surface area contributed by atoms with Crippen LogP contribution in [0.2, 0.25) is 10.0 Å². The molecule has 1 amide bonds. The van der Waals surface area contributed by atoms with Gasteiger partial charge in [-0.15, -0.1) is 0 Å². The molecule has 0 saturated carbocycles. The Morgan fingerprint density at radius 1 is 1.22 bits per heavy atom. The van der Waals surface area contributed by atoms with Crippen LogP contribution in [0.4, 0.5) is 4.79 Å². The third-order valence-corrected chi connectivity index (χ3v) is 6.82. The lowest BCUT2D eigenvalue weighted by molar-refractivity contribution is 0.0288. The number of carbonyl (C=O) groups excluding carboxylic acids is 1. The van der Waals surface area contributed by atoms with E-state index in [-0.39, 0.29) is 23.6 Å². The summed E-state index contributed by atoms with van der Waals surface area (Å²) in [5, 5.41) is 0.907. The Balaban J connectivity index is 1.56. The maximum absolute atomic E-state index is 13.3. The molecule has 2 atom stereocenters. The Hall–Kier alpha value is -2.25. The van der Waals surface area contributed by atoms with E-state index >= 15 is 0 Å². The summed E-state index contributed by atoms with van der Waals surface area (Å²) in [5.74, 6) is 0.616. The number of benzene rings is 1. The highest BCUT2D eigenvalue weighted by Gasteiger charge is 2.35. The number of fused-ring (bicyclic) bond motifs is 1. The van der Waals surface area contributed by atoms with Gasteiger partial charge < -0.3 is 14.4 Å². The molecule has 2 aromatic rings. The molecule has 2 unspecified atom stereocenters. The third kappa shape index (κ3) is 4.33. The highest BCUT2D eigenvalue weighted by molar-refractivity contribution is 6.42. The second-order valence-corrected chi connectivity index (χ2v) is 10.1. The third-order valence-electron chi connectivity index (χ3n) is 6.00. The number of methoxy groups -OCH3 is 1. The van der Waals surface area contributed by atoms with Crippen LogP contribution in [0.3, 0.4) is 0 Å². The molecule has 1 aliphatic heterocycles. The number of likely N-dealkylation sites (tertiary alicyclic amines) is 1. The van der Waals surface area contributed by atoms with Crippen LogP contribution in [0.25, 0.3) is 0 Å². The van der Waals surface area contributed by atoms with Gasteiger partial charge in [-0.2, -0.15) is 0 Å². The van der Waals surface area contributed by atoms with Crippen molar-refractivity contribution < 1.29 is 14.3 Å². The molecule has 4 rings (SSSR count). The zero-order valence-corrected chi connectivity index (χ0v) is 20.2. The van der Waals surface area contributed by atoms with Crippen LogP contribution in [-0.2, 0) is 17.6 Å². The Labute approximate surface area is 197 Å². The number of carbonyl (C=O) groups is 1. The molecule has 1 aliphatic carbocycles. The molecule has 0 N–H and O–H groups in total. The van der Waals surface area contributed by atoms with Crippen LogP contribution in [-0.4, -0.2) is 46.3 Å². The molecule has 172 valence electrons. The van der Waals surface area contributed by atoms with Crippen molar-refractivity contribution in [2.45, 2.75) is 57.6 Å². The maximum atomic E-state index is 13.3. The van der Waals surface area contributed by atoms with Gasteiger partial charge in [0.05, 0.1) is 35.2 Å². The topological polar surface area (TPSA) is 73.7 Å². The molecular weight excluding hydrogens is 453 g/mol. The molecule has 0 spiro atoms. The van der Waals surface area contributed by atoms with E-state index in [2.05, 4.69) is 4.98 Å². The molecule has 0 radical (unpaired) electrons. The fourth-order valence-corrected chi connectivity index (χ4v) is 4.98. The summed E-state index contributed by atoms with van der Waals surface area (Å²) in [7, 11) is 1.59. The molecular formula is C23H27Cl2N3O4. The van der Waals surface area contributed by atoms with Gasteiger partial charge in [0.25, 0.3) is 5.56 Å². The highest BCUT2D eigenvalue weighted by Crippen LogP contribution is 2.43. The number of amides is 1. The van der Waals surface area contributed by atoms with Crippen LogP contribution in [0.1, 0.15) is 56.0 Å². The van der Waals surface area contributed by atoms with E-state index in [4.69, 9.17) is 32.7 Å². The largest absolute Gasteiger partial charge is 0.496 e. The summed E-state index contributed by atoms with van der Waals surface area (Å²) in [4.78, 5) is 32.0. The molecule has 9 heteroatoms. The molecule has 1 aromatic carbocycles. The summed E-state index contributed by atoms with van der Waals surface area (Å²) in [6.45, 7) is 6.48. The van der Waals surface area contributed by atoms with E-state index in [1.54, 1.807) is 35.0 Å². The molecule has 1 saturated heterocycles. The van der Waals surface area contributed by atoms with Crippen molar-refractivity contribution in [2.24, 2.45) is 0 Å². The zero-order chi connectivity index (χ0) is 23.2. The smallest absolute Gasteiger partial charge is 0.410 e. The number of hydrogen-bond acceptors (Lipinski definition) is 5. The van der Waals surface area contributed by atoms with Crippen molar-refractivity contribution in [2.75, 3.05) is 20.2 Å². The Bertz CT molecular complexity index is 1110. The van der Waals surface area contributed by atoms with Crippen molar-refractivity contribution in [3.8, 4) is 5.75 Å². The van der Waals surface area contributed by atoms with Gasteiger partial charge in [0.2, 0.25) is 0 Å². The van der Waals surface area contributed by atoms with Gasteiger partial charge in [0, 0.05) is 24.2 Å². The first-order valence-electron chi connectivity index (χ1n) is 10.7. The average Bonchev–Trinajstić information content (AvgIpc) is 3.36. The van der Waals surface area contributed by atoms with E-state index in [1.165, 1.54) is 0 Å². The number of ether oxygens (including phenoxy) is 2. The van der Waals surface area contributed by atoms with Gasteiger partial charge in [0.1, 0.15) is 11.4 Å². The Morgan fingerprint density at radius 3 is 2.66 bits per heavy atom. The number of halogens is 2. The molecule has 2 aliphatic rings. The van der Waals surface area contributed by atoms with Gasteiger partial charge >= 0.3 is 6.09 Å². The Morgan fingerprint density at radius 2 is 1.97 bits per heavy atom. The van der Waals surface area contributed by atoms with E-state index < -0.39 is 5.60 Å². The molecule has 1 fully saturated rings. The van der Waals surface area contributed by atoms with Crippen molar-refractivity contribution in [1.82, 2.24) is 14.5 Å². The van der Waals surface area contributed by atoms with Gasteiger partial charge in [-0.3, -0.25) is 9.36 Å². The second-order valence-electron chi connectivity index (χ2n) is 9.33. The predicted molar refractivity (Wildman–Crippen MR) is 123 cm³/mol. The van der Waals surface area contributed by atoms with E-state index in [0.717, 1.165) is 11.3 Å². The summed E-state index contributed by atoms with van der Waals surface area (Å²) in [6, 6.07) is 3.37. The Kier molecular flexibility index (Phi) is 6.16. The highest BCUT2D eigenvalue weighted by atomic mass is 35.5. The quantitative estimate of drug-likeness (QED) is 0.641. The lowest BCUT2D eigenvalue weighted by atomic mass is 9.95. The van der Waals surface area contributed by atoms with Crippen molar-refractivity contribution in [3.05, 3.63) is 55.7 Å². The van der Waals surface area contributed by atoms with E-state index in [1.807, 2.05) is 20.8 Å². The minimum atomic E-state index is -0.557. The average molecular weight is 480 g/mol. The fraction of sp³-hybridized carbons (Fsp3) is 0.522. The molecule has 0 bridgehead atoms. The van der Waals surface area contributed by atoms with Crippen molar-refractivity contribution >= 4 is 29.3 Å². The number of nitrogens with zero attached hydrogens (tertiary/aromatic N) is 3. The predicted octanol–water partition coefficient (Wildman–Crippen LogP) is 4.62. The standard InChI is InChI=1S/C23H27Cl2N3O4/c1-23(2,3)32-22(30)27-8-7-14(11-27)28-12-26-17-10-13(9-15(17)21(28)29)19-18(31-4)6-5-16(24)20(19)25/h5-6,12-14H,7-11H2,1-4H3. The van der Waals surface area contributed by atoms with Gasteiger partial charge in [0.15, 0.2) is 0 Å². The summed E-state index contributed by atoms with van der Waals surface area (Å²) in [5.41, 5.74) is 1.65. The van der Waals surface area contributed by atoms with Crippen LogP contribution < -0.4 is 10.3 Å². The summed E-state index contributed by atoms with van der Waals surface area (Å²) < 4.78 is 12.6. The minimum absolute atomic E-state index is 0.0379. The summed E-state index contributed by atoms with van der Waals surface area (Å²) >= 11 is 12.7. The second kappa shape index (κ2) is 8.60. The van der Waals surface area contributed by atoms with Gasteiger partial charge in [-0.25, -0.2) is 9.78 Å². The molecule has 2 heterocycles. The van der Waals surface area contributed by atoms with Crippen LogP contribution in [0.5, 0.6) is 5.75 Å². The van der Waals surface area contributed by atoms with Crippen LogP contribution in [0, 0.1) is 0 Å². The number of aromatic nitrogens is 2. The van der Waals surface area contributed by atoms with Gasteiger partial charge in [-0.1, -0.05) is 23.2 Å². The molecule has 7 nitrogen and oxygen atoms in total. The first kappa shape index (κ1) is 22.9. The number of hydrogen-bond donors (Lipinski definition) is 0. The monoisotopic (exact) mass is 479 g/mol. The SMILES string of the molecule is COc1ccc(Cl)c(Cl)c1C1Cc2ncn(C3CCN(C(=O)OC(C)(C)C)C3)c(=O)c2C1. The fourth-order valence-electron chi connectivity index (χ4n) is 4.51. The first-order chi connectivity index (χ1) is 15.1. The summed E-state index contributed by atoms with van der Waals surface area (Å²) in [6.07, 6.45) is 3.03. The van der Waals surface area contributed by atoms with Crippen LogP contribution >= 0.6 is 23.2 Å². The maximum Gasteiger partial charge on any atom is 0.410 e. The van der Waals surface area contributed by atoms with Crippen molar-refractivity contribution in [3.63, 3.8) is 0 Å². The van der Waals surface area contributed by atoms with E-state index in [9.17, 15) is 9.59 Å². The van der Waals surface area contributed by atoms with Crippen LogP contribution in [0.15, 0.2) is 23.3 Å². The molecule has 32 heavy (non-hydrogen) atoms. The molecule has 1 aromatic heterocycles. The minimum Gasteiger partial charge on any atom is -0.496 e. The van der Waals surface area contributed by atoms with Gasteiger partial charge in [-0.05, 0) is 58.1 Å². The van der Waals surface area contributed by atoms with Crippen molar-refractivity contribution in [1.29, 1.82) is 0 Å². The number of rotatable bonds is 3. The first-order valence-corrected chi connectivity index (χ1v) is 11.4. The zero-order valence-electron chi connectivity index (χ0n) is 18.7.